The molecular formula is C21H29IN6O3. The first-order valence-electron chi connectivity index (χ1n) is 10.3. The maximum absolute atomic E-state index is 12.7. The highest BCUT2D eigenvalue weighted by Gasteiger charge is 2.27. The lowest BCUT2D eigenvalue weighted by molar-refractivity contribution is -0.120. The topological polar surface area (TPSA) is 84.2 Å². The van der Waals surface area contributed by atoms with E-state index in [9.17, 15) is 4.79 Å². The van der Waals surface area contributed by atoms with Crippen molar-refractivity contribution < 1.29 is 14.3 Å². The molecular weight excluding hydrogens is 511 g/mol. The number of nitrogens with zero attached hydrogens (tertiary/aromatic N) is 5. The third kappa shape index (κ3) is 5.60. The van der Waals surface area contributed by atoms with Crippen LogP contribution in [0.15, 0.2) is 35.6 Å². The van der Waals surface area contributed by atoms with E-state index in [1.54, 1.807) is 15.8 Å². The van der Waals surface area contributed by atoms with Crippen LogP contribution in [-0.2, 0) is 18.4 Å². The highest BCUT2D eigenvalue weighted by molar-refractivity contribution is 14.0. The van der Waals surface area contributed by atoms with E-state index in [0.717, 1.165) is 41.7 Å². The van der Waals surface area contributed by atoms with Crippen molar-refractivity contribution in [2.24, 2.45) is 12.0 Å². The van der Waals surface area contributed by atoms with E-state index in [4.69, 9.17) is 14.5 Å². The molecule has 168 valence electrons. The number of amides is 1. The van der Waals surface area contributed by atoms with E-state index in [1.165, 1.54) is 0 Å². The van der Waals surface area contributed by atoms with Gasteiger partial charge < -0.3 is 24.6 Å². The van der Waals surface area contributed by atoms with E-state index < -0.39 is 0 Å². The molecule has 2 aliphatic rings. The zero-order chi connectivity index (χ0) is 20.9. The number of ether oxygens (including phenoxy) is 2. The fraction of sp³-hybridized carbons (Fsp3) is 0.476. The molecule has 1 aromatic heterocycles. The predicted molar refractivity (Wildman–Crippen MR) is 129 cm³/mol. The van der Waals surface area contributed by atoms with Crippen LogP contribution in [0.3, 0.4) is 0 Å². The van der Waals surface area contributed by atoms with Crippen LogP contribution in [0, 0.1) is 0 Å². The summed E-state index contributed by atoms with van der Waals surface area (Å²) in [7, 11) is 1.85. The van der Waals surface area contributed by atoms with Crippen molar-refractivity contribution in [1.29, 1.82) is 0 Å². The Hall–Kier alpha value is -2.50. The molecule has 1 amide bonds. The number of fused-ring (bicyclic) bond motifs is 1. The van der Waals surface area contributed by atoms with E-state index in [-0.39, 0.29) is 36.4 Å². The van der Waals surface area contributed by atoms with Gasteiger partial charge in [-0.25, -0.2) is 4.99 Å². The van der Waals surface area contributed by atoms with Crippen LogP contribution in [0.5, 0.6) is 11.5 Å². The van der Waals surface area contributed by atoms with Gasteiger partial charge in [0, 0.05) is 39.3 Å². The number of aryl methyl sites for hydroxylation is 1. The molecule has 0 bridgehead atoms. The van der Waals surface area contributed by atoms with Gasteiger partial charge >= 0.3 is 0 Å². The fourth-order valence-electron chi connectivity index (χ4n) is 3.57. The standard InChI is InChI=1S/C21H28N6O3.HI/c1-3-22-21(23-12-16-5-6-18-19(11-16)30-10-4-9-29-18)26-7-8-27(20(28)15-26)17-13-24-25(2)14-17;/h5-6,11,13-14H,3-4,7-10,12,15H2,1-2H3,(H,22,23);1H. The van der Waals surface area contributed by atoms with Crippen LogP contribution in [0.25, 0.3) is 0 Å². The molecule has 2 aromatic rings. The molecule has 0 unspecified atom stereocenters. The number of nitrogens with one attached hydrogen (secondary N) is 1. The minimum absolute atomic E-state index is 0. The van der Waals surface area contributed by atoms with Crippen molar-refractivity contribution in [2.75, 3.05) is 44.3 Å². The van der Waals surface area contributed by atoms with Crippen LogP contribution in [0.4, 0.5) is 5.69 Å². The number of carbonyl (C=O) groups is 1. The second-order valence-corrected chi connectivity index (χ2v) is 7.34. The van der Waals surface area contributed by atoms with Crippen molar-refractivity contribution in [3.63, 3.8) is 0 Å². The summed E-state index contributed by atoms with van der Waals surface area (Å²) in [6.45, 7) is 6.16. The lowest BCUT2D eigenvalue weighted by atomic mass is 10.2. The van der Waals surface area contributed by atoms with Gasteiger partial charge in [-0.15, -0.1) is 24.0 Å². The van der Waals surface area contributed by atoms with Crippen LogP contribution in [-0.4, -0.2) is 65.9 Å². The second-order valence-electron chi connectivity index (χ2n) is 7.34. The Kier molecular flexibility index (Phi) is 7.99. The normalized spacial score (nSPS) is 16.6. The highest BCUT2D eigenvalue weighted by atomic mass is 127. The molecule has 4 rings (SSSR count). The molecule has 1 saturated heterocycles. The summed E-state index contributed by atoms with van der Waals surface area (Å²) in [5.74, 6) is 2.33. The molecule has 3 heterocycles. The quantitative estimate of drug-likeness (QED) is 0.363. The minimum Gasteiger partial charge on any atom is -0.490 e. The molecule has 0 saturated carbocycles. The predicted octanol–water partition coefficient (Wildman–Crippen LogP) is 2.01. The molecule has 10 heteroatoms. The van der Waals surface area contributed by atoms with Crippen molar-refractivity contribution in [1.82, 2.24) is 20.0 Å². The number of rotatable bonds is 4. The molecule has 1 N–H and O–H groups in total. The van der Waals surface area contributed by atoms with Gasteiger partial charge in [0.05, 0.1) is 31.6 Å². The van der Waals surface area contributed by atoms with E-state index in [0.29, 0.717) is 32.8 Å². The Morgan fingerprint density at radius 1 is 1.23 bits per heavy atom. The second kappa shape index (κ2) is 10.7. The van der Waals surface area contributed by atoms with Gasteiger partial charge in [0.1, 0.15) is 6.54 Å². The summed E-state index contributed by atoms with van der Waals surface area (Å²) >= 11 is 0. The van der Waals surface area contributed by atoms with Gasteiger partial charge in [-0.05, 0) is 24.6 Å². The number of piperazine rings is 1. The molecule has 0 atom stereocenters. The van der Waals surface area contributed by atoms with Crippen molar-refractivity contribution in [2.45, 2.75) is 19.9 Å². The molecule has 9 nitrogen and oxygen atoms in total. The Morgan fingerprint density at radius 2 is 2.03 bits per heavy atom. The number of benzene rings is 1. The zero-order valence-electron chi connectivity index (χ0n) is 17.9. The average molecular weight is 540 g/mol. The largest absolute Gasteiger partial charge is 0.490 e. The summed E-state index contributed by atoms with van der Waals surface area (Å²) < 4.78 is 13.2. The number of hydrogen-bond donors (Lipinski definition) is 1. The van der Waals surface area contributed by atoms with E-state index in [2.05, 4.69) is 10.4 Å². The Balaban J connectivity index is 0.00000272. The molecule has 2 aliphatic heterocycles. The van der Waals surface area contributed by atoms with Crippen LogP contribution < -0.4 is 19.7 Å². The Labute approximate surface area is 199 Å². The smallest absolute Gasteiger partial charge is 0.246 e. The highest BCUT2D eigenvalue weighted by Crippen LogP contribution is 2.30. The maximum Gasteiger partial charge on any atom is 0.246 e. The number of hydrogen-bond acceptors (Lipinski definition) is 5. The van der Waals surface area contributed by atoms with Crippen molar-refractivity contribution in [3.05, 3.63) is 36.2 Å². The first kappa shape index (κ1) is 23.2. The van der Waals surface area contributed by atoms with Crippen LogP contribution in [0.1, 0.15) is 18.9 Å². The van der Waals surface area contributed by atoms with Gasteiger partial charge in [0.15, 0.2) is 17.5 Å². The monoisotopic (exact) mass is 540 g/mol. The summed E-state index contributed by atoms with van der Waals surface area (Å²) in [6, 6.07) is 5.93. The number of aromatic nitrogens is 2. The first-order chi connectivity index (χ1) is 14.6. The van der Waals surface area contributed by atoms with Gasteiger partial charge in [-0.1, -0.05) is 6.07 Å². The minimum atomic E-state index is 0. The Bertz CT molecular complexity index is 932. The van der Waals surface area contributed by atoms with Gasteiger partial charge in [-0.3, -0.25) is 9.48 Å². The van der Waals surface area contributed by atoms with Crippen molar-refractivity contribution in [3.8, 4) is 11.5 Å². The van der Waals surface area contributed by atoms with Gasteiger partial charge in [0.25, 0.3) is 0 Å². The number of anilines is 1. The van der Waals surface area contributed by atoms with Gasteiger partial charge in [-0.2, -0.15) is 5.10 Å². The third-order valence-corrected chi connectivity index (χ3v) is 5.08. The number of guanidine groups is 1. The first-order valence-corrected chi connectivity index (χ1v) is 10.3. The molecule has 0 aliphatic carbocycles. The zero-order valence-corrected chi connectivity index (χ0v) is 20.2. The molecule has 31 heavy (non-hydrogen) atoms. The van der Waals surface area contributed by atoms with Crippen molar-refractivity contribution >= 4 is 41.5 Å². The van der Waals surface area contributed by atoms with Crippen LogP contribution in [0.2, 0.25) is 0 Å². The Morgan fingerprint density at radius 3 is 2.74 bits per heavy atom. The summed E-state index contributed by atoms with van der Waals surface area (Å²) in [5, 5.41) is 7.47. The molecule has 1 aromatic carbocycles. The summed E-state index contributed by atoms with van der Waals surface area (Å²) in [5.41, 5.74) is 1.87. The maximum atomic E-state index is 12.7. The third-order valence-electron chi connectivity index (χ3n) is 5.08. The van der Waals surface area contributed by atoms with E-state index >= 15 is 0 Å². The summed E-state index contributed by atoms with van der Waals surface area (Å²) in [6.07, 6.45) is 4.46. The molecule has 1 fully saturated rings. The summed E-state index contributed by atoms with van der Waals surface area (Å²) in [4.78, 5) is 21.3. The fourth-order valence-corrected chi connectivity index (χ4v) is 3.57. The lowest BCUT2D eigenvalue weighted by Crippen LogP contribution is -2.55. The molecule has 0 radical (unpaired) electrons. The number of aliphatic imine (C=N–C) groups is 1. The lowest BCUT2D eigenvalue weighted by Gasteiger charge is -2.35. The SMILES string of the molecule is CCNC(=NCc1ccc2c(c1)OCCCO2)N1CCN(c2cnn(C)c2)C(=O)C1.I. The number of halogens is 1. The van der Waals surface area contributed by atoms with Crippen LogP contribution >= 0.6 is 24.0 Å². The molecule has 0 spiro atoms. The van der Waals surface area contributed by atoms with Gasteiger partial charge in [0.2, 0.25) is 5.91 Å². The average Bonchev–Trinajstić information content (AvgIpc) is 3.03. The number of carbonyl (C=O) groups excluding carboxylic acids is 1. The van der Waals surface area contributed by atoms with E-state index in [1.807, 2.05) is 43.3 Å².